The van der Waals surface area contributed by atoms with Crippen LogP contribution in [0.2, 0.25) is 0 Å². The summed E-state index contributed by atoms with van der Waals surface area (Å²) in [5.41, 5.74) is 6.73. The van der Waals surface area contributed by atoms with Crippen molar-refractivity contribution >= 4 is 10.8 Å². The van der Waals surface area contributed by atoms with Gasteiger partial charge in [0, 0.05) is 23.4 Å². The lowest BCUT2D eigenvalue weighted by Crippen LogP contribution is -2.12. The fourth-order valence-electron chi connectivity index (χ4n) is 2.23. The minimum absolute atomic E-state index is 0.0211. The van der Waals surface area contributed by atoms with E-state index in [0.29, 0.717) is 5.75 Å². The highest BCUT2D eigenvalue weighted by Gasteiger charge is 2.26. The Bertz CT molecular complexity index is 608. The SMILES string of the molecule is C[C@H](N)c1ccc2ccccc2c1OCCCC(F)(F)F. The summed E-state index contributed by atoms with van der Waals surface area (Å²) in [6.45, 7) is 1.85. The Morgan fingerprint density at radius 2 is 1.86 bits per heavy atom. The van der Waals surface area contributed by atoms with Crippen LogP contribution in [0.3, 0.4) is 0 Å². The Balaban J connectivity index is 2.21. The molecule has 21 heavy (non-hydrogen) atoms. The first-order chi connectivity index (χ1) is 9.88. The third kappa shape index (κ3) is 4.11. The number of hydrogen-bond donors (Lipinski definition) is 1. The molecular weight excluding hydrogens is 279 g/mol. The molecule has 0 saturated heterocycles. The number of hydrogen-bond acceptors (Lipinski definition) is 2. The molecule has 2 aromatic carbocycles. The fourth-order valence-corrected chi connectivity index (χ4v) is 2.23. The smallest absolute Gasteiger partial charge is 0.389 e. The zero-order valence-corrected chi connectivity index (χ0v) is 11.8. The Kier molecular flexibility index (Phi) is 4.73. The van der Waals surface area contributed by atoms with Crippen LogP contribution < -0.4 is 10.5 Å². The largest absolute Gasteiger partial charge is 0.493 e. The van der Waals surface area contributed by atoms with Gasteiger partial charge in [0.15, 0.2) is 0 Å². The maximum atomic E-state index is 12.2. The van der Waals surface area contributed by atoms with Crippen molar-refractivity contribution in [3.05, 3.63) is 42.0 Å². The third-order valence-electron chi connectivity index (χ3n) is 3.25. The van der Waals surface area contributed by atoms with Crippen molar-refractivity contribution in [2.24, 2.45) is 5.73 Å². The molecule has 0 aliphatic heterocycles. The van der Waals surface area contributed by atoms with Gasteiger partial charge in [-0.1, -0.05) is 36.4 Å². The van der Waals surface area contributed by atoms with Gasteiger partial charge < -0.3 is 10.5 Å². The zero-order chi connectivity index (χ0) is 15.5. The van der Waals surface area contributed by atoms with E-state index in [4.69, 9.17) is 10.5 Å². The van der Waals surface area contributed by atoms with Crippen LogP contribution in [-0.4, -0.2) is 12.8 Å². The number of fused-ring (bicyclic) bond motifs is 1. The van der Waals surface area contributed by atoms with Gasteiger partial charge in [-0.05, 0) is 18.7 Å². The summed E-state index contributed by atoms with van der Waals surface area (Å²) in [5.74, 6) is 0.588. The first-order valence-corrected chi connectivity index (χ1v) is 6.85. The average Bonchev–Trinajstić information content (AvgIpc) is 2.42. The summed E-state index contributed by atoms with van der Waals surface area (Å²) < 4.78 is 42.1. The van der Waals surface area contributed by atoms with Gasteiger partial charge in [-0.3, -0.25) is 0 Å². The fraction of sp³-hybridized carbons (Fsp3) is 0.375. The zero-order valence-electron chi connectivity index (χ0n) is 11.8. The van der Waals surface area contributed by atoms with E-state index in [-0.39, 0.29) is 19.1 Å². The summed E-state index contributed by atoms with van der Waals surface area (Å²) in [6, 6.07) is 11.2. The van der Waals surface area contributed by atoms with Crippen molar-refractivity contribution in [1.29, 1.82) is 0 Å². The minimum atomic E-state index is -4.15. The van der Waals surface area contributed by atoms with Gasteiger partial charge in [0.2, 0.25) is 0 Å². The maximum Gasteiger partial charge on any atom is 0.389 e. The number of alkyl halides is 3. The molecule has 0 amide bonds. The molecular formula is C16H18F3NO. The van der Waals surface area contributed by atoms with Gasteiger partial charge >= 0.3 is 6.18 Å². The van der Waals surface area contributed by atoms with Crippen molar-refractivity contribution in [3.63, 3.8) is 0 Å². The van der Waals surface area contributed by atoms with Crippen LogP contribution >= 0.6 is 0 Å². The van der Waals surface area contributed by atoms with E-state index in [9.17, 15) is 13.2 Å². The molecule has 2 aromatic rings. The van der Waals surface area contributed by atoms with Crippen molar-refractivity contribution in [2.75, 3.05) is 6.61 Å². The predicted molar refractivity (Wildman–Crippen MR) is 77.3 cm³/mol. The molecule has 114 valence electrons. The molecule has 0 bridgehead atoms. The molecule has 2 rings (SSSR count). The second kappa shape index (κ2) is 6.35. The molecule has 0 aromatic heterocycles. The third-order valence-corrected chi connectivity index (χ3v) is 3.25. The summed E-state index contributed by atoms with van der Waals surface area (Å²) in [7, 11) is 0. The number of ether oxygens (including phenoxy) is 1. The van der Waals surface area contributed by atoms with Gasteiger partial charge in [-0.2, -0.15) is 13.2 Å². The number of benzene rings is 2. The van der Waals surface area contributed by atoms with Crippen LogP contribution in [0.25, 0.3) is 10.8 Å². The second-order valence-corrected chi connectivity index (χ2v) is 5.06. The van der Waals surface area contributed by atoms with Gasteiger partial charge in [-0.25, -0.2) is 0 Å². The van der Waals surface area contributed by atoms with Crippen molar-refractivity contribution < 1.29 is 17.9 Å². The molecule has 0 heterocycles. The topological polar surface area (TPSA) is 35.2 Å². The molecule has 2 nitrogen and oxygen atoms in total. The van der Waals surface area contributed by atoms with Crippen molar-refractivity contribution in [1.82, 2.24) is 0 Å². The molecule has 0 spiro atoms. The van der Waals surface area contributed by atoms with Crippen LogP contribution in [0, 0.1) is 0 Å². The number of rotatable bonds is 5. The highest BCUT2D eigenvalue weighted by atomic mass is 19.4. The standard InChI is InChI=1S/C16H18F3NO/c1-11(20)13-8-7-12-5-2-3-6-14(12)15(13)21-10-4-9-16(17,18)19/h2-3,5-8,11H,4,9-10,20H2,1H3/t11-/m0/s1. The molecule has 5 heteroatoms. The van der Waals surface area contributed by atoms with E-state index in [0.717, 1.165) is 16.3 Å². The molecule has 0 saturated carbocycles. The minimum Gasteiger partial charge on any atom is -0.493 e. The Hall–Kier alpha value is -1.75. The van der Waals surface area contributed by atoms with Crippen LogP contribution in [0.15, 0.2) is 36.4 Å². The molecule has 0 aliphatic carbocycles. The van der Waals surface area contributed by atoms with Crippen molar-refractivity contribution in [2.45, 2.75) is 32.0 Å². The summed E-state index contributed by atoms with van der Waals surface area (Å²) in [5, 5.41) is 1.85. The van der Waals surface area contributed by atoms with Crippen LogP contribution in [0.5, 0.6) is 5.75 Å². The number of nitrogens with two attached hydrogens (primary N) is 1. The molecule has 0 radical (unpaired) electrons. The van der Waals surface area contributed by atoms with E-state index in [1.807, 2.05) is 43.3 Å². The monoisotopic (exact) mass is 297 g/mol. The lowest BCUT2D eigenvalue weighted by atomic mass is 10.0. The van der Waals surface area contributed by atoms with E-state index in [2.05, 4.69) is 0 Å². The van der Waals surface area contributed by atoms with E-state index in [1.54, 1.807) is 0 Å². The van der Waals surface area contributed by atoms with Crippen molar-refractivity contribution in [3.8, 4) is 5.75 Å². The first-order valence-electron chi connectivity index (χ1n) is 6.85. The molecule has 0 unspecified atom stereocenters. The van der Waals surface area contributed by atoms with E-state index >= 15 is 0 Å². The average molecular weight is 297 g/mol. The Morgan fingerprint density at radius 1 is 1.14 bits per heavy atom. The predicted octanol–water partition coefficient (Wildman–Crippen LogP) is 4.58. The molecule has 2 N–H and O–H groups in total. The summed E-state index contributed by atoms with van der Waals surface area (Å²) in [4.78, 5) is 0. The van der Waals surface area contributed by atoms with Crippen LogP contribution in [0.4, 0.5) is 13.2 Å². The first kappa shape index (κ1) is 15.6. The lowest BCUT2D eigenvalue weighted by Gasteiger charge is -2.17. The highest BCUT2D eigenvalue weighted by Crippen LogP contribution is 2.33. The van der Waals surface area contributed by atoms with Crippen LogP contribution in [-0.2, 0) is 0 Å². The quantitative estimate of drug-likeness (QED) is 0.820. The normalized spacial score (nSPS) is 13.4. The summed E-state index contributed by atoms with van der Waals surface area (Å²) >= 11 is 0. The molecule has 0 aliphatic rings. The highest BCUT2D eigenvalue weighted by molar-refractivity contribution is 5.89. The lowest BCUT2D eigenvalue weighted by molar-refractivity contribution is -0.136. The Labute approximate surface area is 121 Å². The van der Waals surface area contributed by atoms with Gasteiger partial charge in [0.1, 0.15) is 5.75 Å². The van der Waals surface area contributed by atoms with Crippen LogP contribution in [0.1, 0.15) is 31.4 Å². The molecule has 1 atom stereocenters. The van der Waals surface area contributed by atoms with Gasteiger partial charge in [0.25, 0.3) is 0 Å². The summed E-state index contributed by atoms with van der Waals surface area (Å²) in [6.07, 6.45) is -5.05. The number of halogens is 3. The van der Waals surface area contributed by atoms with E-state index < -0.39 is 12.6 Å². The Morgan fingerprint density at radius 3 is 2.52 bits per heavy atom. The van der Waals surface area contributed by atoms with Gasteiger partial charge in [-0.15, -0.1) is 0 Å². The van der Waals surface area contributed by atoms with E-state index in [1.165, 1.54) is 0 Å². The van der Waals surface area contributed by atoms with Gasteiger partial charge in [0.05, 0.1) is 6.61 Å². The maximum absolute atomic E-state index is 12.2. The molecule has 0 fully saturated rings. The second-order valence-electron chi connectivity index (χ2n) is 5.06.